The first-order chi connectivity index (χ1) is 12.3. The minimum Gasteiger partial charge on any atom is -0.508 e. The Kier molecular flexibility index (Phi) is 6.81. The van der Waals surface area contributed by atoms with Crippen molar-refractivity contribution in [1.29, 1.82) is 0 Å². The fourth-order valence-corrected chi connectivity index (χ4v) is 3.53. The lowest BCUT2D eigenvalue weighted by Gasteiger charge is -2.29. The van der Waals surface area contributed by atoms with Crippen LogP contribution >= 0.6 is 0 Å². The van der Waals surface area contributed by atoms with Gasteiger partial charge in [-0.2, -0.15) is 0 Å². The Balaban J connectivity index is 2.19. The van der Waals surface area contributed by atoms with Gasteiger partial charge in [0.1, 0.15) is 5.75 Å². The van der Waals surface area contributed by atoms with Gasteiger partial charge in [-0.3, -0.25) is 4.79 Å². The van der Waals surface area contributed by atoms with Crippen molar-refractivity contribution in [3.05, 3.63) is 64.7 Å². The number of carbonyl (C=O) groups is 1. The molecule has 4 heteroatoms. The van der Waals surface area contributed by atoms with Crippen molar-refractivity contribution in [2.75, 3.05) is 14.1 Å². The van der Waals surface area contributed by atoms with E-state index in [1.807, 2.05) is 58.3 Å². The third kappa shape index (κ3) is 5.33. The standard InChI is InChI=1S/C22H30N2O2/c1-15-10-20(25)11-16(2)21(15)14-19(24(3)4)13-18(22(23)26)12-17-8-6-5-7-9-17/h5-11,18-19,25H,12-14H2,1-4H3,(H2,23,26)/t18?,19-/m0/s1. The highest BCUT2D eigenvalue weighted by Gasteiger charge is 2.24. The van der Waals surface area contributed by atoms with Crippen LogP contribution in [0, 0.1) is 19.8 Å². The van der Waals surface area contributed by atoms with Crippen molar-refractivity contribution >= 4 is 5.91 Å². The van der Waals surface area contributed by atoms with Crippen LogP contribution in [0.1, 0.15) is 28.7 Å². The second kappa shape index (κ2) is 8.86. The van der Waals surface area contributed by atoms with Crippen molar-refractivity contribution in [2.24, 2.45) is 11.7 Å². The number of aryl methyl sites for hydroxylation is 2. The lowest BCUT2D eigenvalue weighted by Crippen LogP contribution is -2.37. The molecule has 2 rings (SSSR count). The molecule has 1 unspecified atom stereocenters. The second-order valence-electron chi connectivity index (χ2n) is 7.40. The summed E-state index contributed by atoms with van der Waals surface area (Å²) in [5.41, 5.74) is 10.2. The van der Waals surface area contributed by atoms with Crippen LogP contribution in [-0.4, -0.2) is 36.1 Å². The van der Waals surface area contributed by atoms with Gasteiger partial charge in [0, 0.05) is 12.0 Å². The molecule has 26 heavy (non-hydrogen) atoms. The van der Waals surface area contributed by atoms with E-state index < -0.39 is 0 Å². The summed E-state index contributed by atoms with van der Waals surface area (Å²) in [6.07, 6.45) is 2.19. The van der Waals surface area contributed by atoms with E-state index in [0.29, 0.717) is 18.6 Å². The van der Waals surface area contributed by atoms with Gasteiger partial charge in [0.25, 0.3) is 0 Å². The smallest absolute Gasteiger partial charge is 0.220 e. The minimum absolute atomic E-state index is 0.193. The summed E-state index contributed by atoms with van der Waals surface area (Å²) in [6.45, 7) is 4.04. The molecule has 2 aromatic carbocycles. The summed E-state index contributed by atoms with van der Waals surface area (Å²) in [5.74, 6) is -0.161. The van der Waals surface area contributed by atoms with E-state index >= 15 is 0 Å². The third-order valence-corrected chi connectivity index (χ3v) is 5.13. The van der Waals surface area contributed by atoms with Crippen LogP contribution in [0.4, 0.5) is 0 Å². The first-order valence-corrected chi connectivity index (χ1v) is 9.06. The highest BCUT2D eigenvalue weighted by atomic mass is 16.3. The maximum Gasteiger partial charge on any atom is 0.220 e. The molecule has 0 aliphatic carbocycles. The molecule has 2 atom stereocenters. The molecule has 0 spiro atoms. The van der Waals surface area contributed by atoms with Gasteiger partial charge in [-0.15, -0.1) is 0 Å². The lowest BCUT2D eigenvalue weighted by molar-refractivity contribution is -0.122. The molecule has 0 heterocycles. The first kappa shape index (κ1) is 20.0. The van der Waals surface area contributed by atoms with Gasteiger partial charge in [0.15, 0.2) is 0 Å². The van der Waals surface area contributed by atoms with Crippen LogP contribution in [0.15, 0.2) is 42.5 Å². The van der Waals surface area contributed by atoms with Crippen molar-refractivity contribution in [2.45, 2.75) is 39.2 Å². The molecule has 0 bridgehead atoms. The molecule has 0 radical (unpaired) electrons. The van der Waals surface area contributed by atoms with Crippen LogP contribution in [0.25, 0.3) is 0 Å². The average Bonchev–Trinajstić information content (AvgIpc) is 2.56. The highest BCUT2D eigenvalue weighted by Crippen LogP contribution is 2.25. The molecule has 0 saturated heterocycles. The number of aromatic hydroxyl groups is 1. The first-order valence-electron chi connectivity index (χ1n) is 9.06. The van der Waals surface area contributed by atoms with Crippen LogP contribution in [0.2, 0.25) is 0 Å². The number of amides is 1. The fourth-order valence-electron chi connectivity index (χ4n) is 3.53. The topological polar surface area (TPSA) is 66.6 Å². The Hall–Kier alpha value is -2.33. The zero-order valence-corrected chi connectivity index (χ0v) is 16.2. The Labute approximate surface area is 156 Å². The van der Waals surface area contributed by atoms with E-state index in [2.05, 4.69) is 4.90 Å². The molecule has 0 aliphatic rings. The molecule has 140 valence electrons. The number of phenols is 1. The summed E-state index contributed by atoms with van der Waals surface area (Å²) in [7, 11) is 4.08. The SMILES string of the molecule is Cc1cc(O)cc(C)c1C[C@H](CC(Cc1ccccc1)C(N)=O)N(C)C. The van der Waals surface area contributed by atoms with Gasteiger partial charge in [-0.1, -0.05) is 30.3 Å². The van der Waals surface area contributed by atoms with Crippen LogP contribution in [-0.2, 0) is 17.6 Å². The van der Waals surface area contributed by atoms with Gasteiger partial charge in [-0.25, -0.2) is 0 Å². The summed E-state index contributed by atoms with van der Waals surface area (Å²) >= 11 is 0. The van der Waals surface area contributed by atoms with E-state index in [0.717, 1.165) is 23.1 Å². The number of phenolic OH excluding ortho intramolecular Hbond substituents is 1. The fraction of sp³-hybridized carbons (Fsp3) is 0.409. The maximum absolute atomic E-state index is 12.1. The van der Waals surface area contributed by atoms with E-state index in [9.17, 15) is 9.90 Å². The largest absolute Gasteiger partial charge is 0.508 e. The van der Waals surface area contributed by atoms with Gasteiger partial charge in [-0.05, 0) is 81.6 Å². The van der Waals surface area contributed by atoms with Crippen molar-refractivity contribution in [3.8, 4) is 5.75 Å². The molecule has 0 fully saturated rings. The van der Waals surface area contributed by atoms with Crippen molar-refractivity contribution in [1.82, 2.24) is 4.90 Å². The number of nitrogens with zero attached hydrogens (tertiary/aromatic N) is 1. The quantitative estimate of drug-likeness (QED) is 0.765. The molecule has 4 nitrogen and oxygen atoms in total. The number of carbonyl (C=O) groups excluding carboxylic acids is 1. The average molecular weight is 354 g/mol. The van der Waals surface area contributed by atoms with Crippen LogP contribution in [0.3, 0.4) is 0 Å². The molecular weight excluding hydrogens is 324 g/mol. The summed E-state index contributed by atoms with van der Waals surface area (Å²) in [5, 5.41) is 9.77. The number of hydrogen-bond acceptors (Lipinski definition) is 3. The molecule has 3 N–H and O–H groups in total. The van der Waals surface area contributed by atoms with Crippen LogP contribution in [0.5, 0.6) is 5.75 Å². The Bertz CT molecular complexity index is 718. The predicted octanol–water partition coefficient (Wildman–Crippen LogP) is 3.22. The van der Waals surface area contributed by atoms with E-state index in [1.165, 1.54) is 5.56 Å². The Morgan fingerprint density at radius 3 is 2.15 bits per heavy atom. The van der Waals surface area contributed by atoms with Crippen molar-refractivity contribution in [3.63, 3.8) is 0 Å². The third-order valence-electron chi connectivity index (χ3n) is 5.13. The molecule has 0 aliphatic heterocycles. The lowest BCUT2D eigenvalue weighted by atomic mass is 9.87. The number of hydrogen-bond donors (Lipinski definition) is 2. The number of benzene rings is 2. The van der Waals surface area contributed by atoms with Gasteiger partial charge < -0.3 is 15.7 Å². The van der Waals surface area contributed by atoms with E-state index in [4.69, 9.17) is 5.73 Å². The molecular formula is C22H30N2O2. The van der Waals surface area contributed by atoms with E-state index in [-0.39, 0.29) is 17.9 Å². The zero-order valence-electron chi connectivity index (χ0n) is 16.2. The Morgan fingerprint density at radius 1 is 1.08 bits per heavy atom. The number of primary amides is 1. The second-order valence-corrected chi connectivity index (χ2v) is 7.40. The molecule has 1 amide bonds. The van der Waals surface area contributed by atoms with Gasteiger partial charge >= 0.3 is 0 Å². The summed E-state index contributed by atoms with van der Waals surface area (Å²) in [6, 6.07) is 13.8. The predicted molar refractivity (Wildman–Crippen MR) is 106 cm³/mol. The molecule has 0 aromatic heterocycles. The number of nitrogens with two attached hydrogens (primary N) is 1. The van der Waals surface area contributed by atoms with Gasteiger partial charge in [0.2, 0.25) is 5.91 Å². The minimum atomic E-state index is -0.250. The highest BCUT2D eigenvalue weighted by molar-refractivity contribution is 5.77. The molecule has 2 aromatic rings. The molecule has 0 saturated carbocycles. The van der Waals surface area contributed by atoms with E-state index in [1.54, 1.807) is 12.1 Å². The summed E-state index contributed by atoms with van der Waals surface area (Å²) < 4.78 is 0. The monoisotopic (exact) mass is 354 g/mol. The summed E-state index contributed by atoms with van der Waals surface area (Å²) in [4.78, 5) is 14.2. The Morgan fingerprint density at radius 2 is 1.65 bits per heavy atom. The number of rotatable bonds is 8. The number of likely N-dealkylation sites (N-methyl/N-ethyl adjacent to an activating group) is 1. The maximum atomic E-state index is 12.1. The normalized spacial score (nSPS) is 13.6. The van der Waals surface area contributed by atoms with Gasteiger partial charge in [0.05, 0.1) is 0 Å². The zero-order chi connectivity index (χ0) is 19.3. The van der Waals surface area contributed by atoms with Crippen LogP contribution < -0.4 is 5.73 Å². The van der Waals surface area contributed by atoms with Crippen molar-refractivity contribution < 1.29 is 9.90 Å².